The van der Waals surface area contributed by atoms with Crippen LogP contribution in [0.4, 0.5) is 0 Å². The monoisotopic (exact) mass is 193 g/mol. The first kappa shape index (κ1) is 9.68. The molecule has 1 aromatic heterocycles. The van der Waals surface area contributed by atoms with Crippen molar-refractivity contribution in [3.63, 3.8) is 0 Å². The van der Waals surface area contributed by atoms with E-state index in [0.717, 1.165) is 17.2 Å². The normalized spacial score (nSPS) is 9.23. The lowest BCUT2D eigenvalue weighted by atomic mass is 10.1. The molecule has 0 unspecified atom stereocenters. The third-order valence-corrected chi connectivity index (χ3v) is 1.81. The number of aldehydes is 1. The minimum absolute atomic E-state index is 0. The number of nitrogens with zero attached hydrogens (tertiary/aromatic N) is 1. The molecule has 2 rings (SSSR count). The summed E-state index contributed by atoms with van der Waals surface area (Å²) in [4.78, 5) is 14.7. The van der Waals surface area contributed by atoms with Crippen LogP contribution in [0.25, 0.3) is 10.9 Å². The summed E-state index contributed by atoms with van der Waals surface area (Å²) >= 11 is 0. The van der Waals surface area contributed by atoms with E-state index in [9.17, 15) is 4.79 Å². The summed E-state index contributed by atoms with van der Waals surface area (Å²) in [5, 5.41) is 0.912. The largest absolute Gasteiger partial charge is 0.298 e. The number of fused-ring (bicyclic) bond motifs is 1. The molecule has 1 aromatic carbocycles. The Morgan fingerprint density at radius 2 is 2.00 bits per heavy atom. The smallest absolute Gasteiger partial charge is 0.150 e. The van der Waals surface area contributed by atoms with E-state index < -0.39 is 0 Å². The van der Waals surface area contributed by atoms with E-state index in [4.69, 9.17) is 0 Å². The van der Waals surface area contributed by atoms with E-state index in [0.29, 0.717) is 5.56 Å². The van der Waals surface area contributed by atoms with Crippen LogP contribution in [0, 0.1) is 0 Å². The molecule has 0 radical (unpaired) electrons. The minimum atomic E-state index is 0. The summed E-state index contributed by atoms with van der Waals surface area (Å²) in [6.45, 7) is 0. The second-order valence-corrected chi connectivity index (χ2v) is 2.54. The molecule has 0 fully saturated rings. The Labute approximate surface area is 82.0 Å². The summed E-state index contributed by atoms with van der Waals surface area (Å²) in [7, 11) is 0. The summed E-state index contributed by atoms with van der Waals surface area (Å²) in [6.07, 6.45) is 2.57. The molecule has 0 saturated carbocycles. The Morgan fingerprint density at radius 1 is 1.15 bits per heavy atom. The van der Waals surface area contributed by atoms with Gasteiger partial charge in [0.1, 0.15) is 0 Å². The molecule has 1 heterocycles. The average Bonchev–Trinajstić information content (AvgIpc) is 2.17. The van der Waals surface area contributed by atoms with Gasteiger partial charge in [-0.15, -0.1) is 12.4 Å². The number of hydrogen-bond acceptors (Lipinski definition) is 2. The van der Waals surface area contributed by atoms with E-state index in [1.54, 1.807) is 12.3 Å². The summed E-state index contributed by atoms with van der Waals surface area (Å²) < 4.78 is 0. The van der Waals surface area contributed by atoms with Crippen molar-refractivity contribution in [3.8, 4) is 0 Å². The Kier molecular flexibility index (Phi) is 2.98. The highest BCUT2D eigenvalue weighted by Crippen LogP contribution is 2.13. The lowest BCUT2D eigenvalue weighted by Gasteiger charge is -1.97. The van der Waals surface area contributed by atoms with E-state index in [-0.39, 0.29) is 12.4 Å². The molecule has 0 aliphatic heterocycles. The van der Waals surface area contributed by atoms with Crippen molar-refractivity contribution in [1.82, 2.24) is 4.98 Å². The van der Waals surface area contributed by atoms with Gasteiger partial charge >= 0.3 is 0 Å². The van der Waals surface area contributed by atoms with Crippen LogP contribution in [0.5, 0.6) is 0 Å². The van der Waals surface area contributed by atoms with E-state index in [1.807, 2.05) is 24.3 Å². The summed E-state index contributed by atoms with van der Waals surface area (Å²) in [6, 6.07) is 9.24. The van der Waals surface area contributed by atoms with Crippen LogP contribution in [0.3, 0.4) is 0 Å². The van der Waals surface area contributed by atoms with E-state index in [2.05, 4.69) is 4.98 Å². The van der Waals surface area contributed by atoms with Crippen molar-refractivity contribution in [2.75, 3.05) is 0 Å². The maximum atomic E-state index is 10.6. The first-order chi connectivity index (χ1) is 5.92. The van der Waals surface area contributed by atoms with Gasteiger partial charge in [0, 0.05) is 17.1 Å². The topological polar surface area (TPSA) is 30.0 Å². The van der Waals surface area contributed by atoms with Crippen molar-refractivity contribution in [1.29, 1.82) is 0 Å². The molecular weight excluding hydrogens is 186 g/mol. The van der Waals surface area contributed by atoms with Gasteiger partial charge in [-0.05, 0) is 12.1 Å². The van der Waals surface area contributed by atoms with Gasteiger partial charge in [0.25, 0.3) is 0 Å². The molecule has 2 aromatic rings. The third kappa shape index (κ3) is 1.68. The maximum absolute atomic E-state index is 10.6. The quantitative estimate of drug-likeness (QED) is 0.652. The zero-order chi connectivity index (χ0) is 8.39. The molecule has 0 bridgehead atoms. The minimum Gasteiger partial charge on any atom is -0.298 e. The third-order valence-electron chi connectivity index (χ3n) is 1.81. The fraction of sp³-hybridized carbons (Fsp3) is 0. The van der Waals surface area contributed by atoms with Crippen molar-refractivity contribution in [3.05, 3.63) is 42.1 Å². The average molecular weight is 194 g/mol. The molecule has 0 aliphatic rings. The Morgan fingerprint density at radius 3 is 2.77 bits per heavy atom. The number of benzene rings is 1. The molecule has 66 valence electrons. The van der Waals surface area contributed by atoms with Gasteiger partial charge in [-0.3, -0.25) is 9.78 Å². The van der Waals surface area contributed by atoms with Gasteiger partial charge in [-0.25, -0.2) is 0 Å². The zero-order valence-corrected chi connectivity index (χ0v) is 7.62. The van der Waals surface area contributed by atoms with Gasteiger partial charge in [-0.2, -0.15) is 0 Å². The number of rotatable bonds is 1. The fourth-order valence-corrected chi connectivity index (χ4v) is 1.23. The van der Waals surface area contributed by atoms with Crippen molar-refractivity contribution in [2.45, 2.75) is 0 Å². The summed E-state index contributed by atoms with van der Waals surface area (Å²) in [5.74, 6) is 0. The SMILES string of the molecule is Cl.O=Cc1cccc2ncccc12. The van der Waals surface area contributed by atoms with Gasteiger partial charge < -0.3 is 0 Å². The molecule has 0 spiro atoms. The first-order valence-electron chi connectivity index (χ1n) is 3.71. The Balaban J connectivity index is 0.000000845. The number of halogens is 1. The predicted molar refractivity (Wildman–Crippen MR) is 54.4 cm³/mol. The number of pyridine rings is 1. The first-order valence-corrected chi connectivity index (χ1v) is 3.71. The van der Waals surface area contributed by atoms with Crippen LogP contribution in [0.1, 0.15) is 10.4 Å². The Bertz CT molecular complexity index is 423. The predicted octanol–water partition coefficient (Wildman–Crippen LogP) is 2.47. The highest BCUT2D eigenvalue weighted by Gasteiger charge is 1.97. The lowest BCUT2D eigenvalue weighted by molar-refractivity contribution is 0.112. The van der Waals surface area contributed by atoms with Gasteiger partial charge in [0.05, 0.1) is 5.52 Å². The van der Waals surface area contributed by atoms with Crippen LogP contribution >= 0.6 is 12.4 Å². The molecule has 0 amide bonds. The fourth-order valence-electron chi connectivity index (χ4n) is 1.23. The van der Waals surface area contributed by atoms with Gasteiger partial charge in [-0.1, -0.05) is 18.2 Å². The van der Waals surface area contributed by atoms with Crippen LogP contribution in [0.15, 0.2) is 36.5 Å². The number of carbonyl (C=O) groups excluding carboxylic acids is 1. The Hall–Kier alpha value is -1.41. The summed E-state index contributed by atoms with van der Waals surface area (Å²) in [5.41, 5.74) is 1.56. The standard InChI is InChI=1S/C10H7NO.ClH/c12-7-8-3-1-5-10-9(8)4-2-6-11-10;/h1-7H;1H. The number of hydrogen-bond donors (Lipinski definition) is 0. The second kappa shape index (κ2) is 4.01. The van der Waals surface area contributed by atoms with Crippen molar-refractivity contribution >= 4 is 29.6 Å². The van der Waals surface area contributed by atoms with Crippen molar-refractivity contribution in [2.24, 2.45) is 0 Å². The van der Waals surface area contributed by atoms with E-state index in [1.165, 1.54) is 0 Å². The molecule has 0 atom stereocenters. The van der Waals surface area contributed by atoms with Crippen molar-refractivity contribution < 1.29 is 4.79 Å². The van der Waals surface area contributed by atoms with Crippen LogP contribution in [0.2, 0.25) is 0 Å². The van der Waals surface area contributed by atoms with Gasteiger partial charge in [0.2, 0.25) is 0 Å². The van der Waals surface area contributed by atoms with Crippen LogP contribution < -0.4 is 0 Å². The molecule has 0 N–H and O–H groups in total. The zero-order valence-electron chi connectivity index (χ0n) is 6.81. The highest BCUT2D eigenvalue weighted by molar-refractivity contribution is 5.96. The lowest BCUT2D eigenvalue weighted by Crippen LogP contribution is -1.83. The highest BCUT2D eigenvalue weighted by atomic mass is 35.5. The van der Waals surface area contributed by atoms with E-state index >= 15 is 0 Å². The number of aromatic nitrogens is 1. The molecule has 3 heteroatoms. The molecule has 0 aliphatic carbocycles. The van der Waals surface area contributed by atoms with Crippen LogP contribution in [-0.2, 0) is 0 Å². The molecule has 13 heavy (non-hydrogen) atoms. The van der Waals surface area contributed by atoms with Gasteiger partial charge in [0.15, 0.2) is 6.29 Å². The maximum Gasteiger partial charge on any atom is 0.150 e. The molecular formula is C10H8ClNO. The van der Waals surface area contributed by atoms with Crippen LogP contribution in [-0.4, -0.2) is 11.3 Å². The number of carbonyl (C=O) groups is 1. The molecule has 0 saturated heterocycles. The molecule has 2 nitrogen and oxygen atoms in total. The second-order valence-electron chi connectivity index (χ2n) is 2.54.